The summed E-state index contributed by atoms with van der Waals surface area (Å²) in [4.78, 5) is 82.8. The van der Waals surface area contributed by atoms with Gasteiger partial charge in [0.2, 0.25) is 21.5 Å². The van der Waals surface area contributed by atoms with Crippen LogP contribution in [0.4, 0.5) is 43.9 Å². The van der Waals surface area contributed by atoms with Gasteiger partial charge in [-0.15, -0.1) is 0 Å². The van der Waals surface area contributed by atoms with Crippen LogP contribution in [0.5, 0.6) is 0 Å². The summed E-state index contributed by atoms with van der Waals surface area (Å²) in [7, 11) is -4.90. The molecule has 0 unspecified atom stereocenters. The first-order valence-electron chi connectivity index (χ1n) is 13.5. The fourth-order valence-electron chi connectivity index (χ4n) is 4.86. The number of halogens is 10. The summed E-state index contributed by atoms with van der Waals surface area (Å²) in [6, 6.07) is 3.75. The van der Waals surface area contributed by atoms with Crippen molar-refractivity contribution in [1.29, 1.82) is 0 Å². The van der Waals surface area contributed by atoms with Crippen molar-refractivity contribution in [3.8, 4) is 0 Å². The molecule has 0 fully saturated rings. The molecule has 4 aromatic carbocycles. The van der Waals surface area contributed by atoms with Gasteiger partial charge >= 0.3 is 11.9 Å². The van der Waals surface area contributed by atoms with Gasteiger partial charge in [-0.25, -0.2) is 61.9 Å². The highest BCUT2D eigenvalue weighted by molar-refractivity contribution is 7.91. The zero-order valence-electron chi connectivity index (χ0n) is 24.6. The van der Waals surface area contributed by atoms with Crippen LogP contribution < -0.4 is 0 Å². The van der Waals surface area contributed by atoms with Crippen LogP contribution in [0.1, 0.15) is 62.1 Å². The second-order valence-electron chi connectivity index (χ2n) is 10.4. The molecule has 0 radical (unpaired) electrons. The minimum Gasteiger partial charge on any atom is -0.324 e. The Morgan fingerprint density at radius 3 is 1.00 bits per heavy atom. The van der Waals surface area contributed by atoms with Crippen molar-refractivity contribution in [2.75, 3.05) is 0 Å². The van der Waals surface area contributed by atoms with Crippen molar-refractivity contribution in [2.45, 2.75) is 9.79 Å². The summed E-state index contributed by atoms with van der Waals surface area (Å²) in [5.41, 5.74) is -7.45. The van der Waals surface area contributed by atoms with E-state index in [0.29, 0.717) is 36.4 Å². The number of fused-ring (bicyclic) bond motifs is 2. The summed E-state index contributed by atoms with van der Waals surface area (Å²) in [5.74, 6) is -37.5. The summed E-state index contributed by atoms with van der Waals surface area (Å²) < 4.78 is 164. The number of hydrogen-bond acceptors (Lipinski definition) is 10. The van der Waals surface area contributed by atoms with Crippen molar-refractivity contribution in [3.05, 3.63) is 128 Å². The Kier molecular flexibility index (Phi) is 8.35. The van der Waals surface area contributed by atoms with Crippen molar-refractivity contribution in [2.24, 2.45) is 0 Å². The maximum absolute atomic E-state index is 14.1. The summed E-state index contributed by atoms with van der Waals surface area (Å²) in [6.07, 6.45) is 0. The fraction of sp³-hybridized carbons (Fsp3) is 0. The maximum atomic E-state index is 14.1. The highest BCUT2D eigenvalue weighted by atomic mass is 32.2. The quantitative estimate of drug-likeness (QED) is 0.117. The number of rotatable bonds is 6. The molecule has 0 spiro atoms. The molecule has 12 nitrogen and oxygen atoms in total. The normalized spacial score (nSPS) is 13.8. The molecule has 0 saturated heterocycles. The molecular formula is C30H6F10N2O10S. The van der Waals surface area contributed by atoms with Gasteiger partial charge < -0.3 is 9.68 Å². The lowest BCUT2D eigenvalue weighted by molar-refractivity contribution is -0.0592. The Morgan fingerprint density at radius 2 is 0.698 bits per heavy atom. The Balaban J connectivity index is 1.26. The first-order valence-corrected chi connectivity index (χ1v) is 15.0. The van der Waals surface area contributed by atoms with E-state index in [2.05, 4.69) is 9.68 Å². The van der Waals surface area contributed by atoms with Crippen molar-refractivity contribution >= 4 is 45.4 Å². The second kappa shape index (κ2) is 12.2. The largest absolute Gasteiger partial charge is 0.370 e. The molecule has 6 rings (SSSR count). The average Bonchev–Trinajstić information content (AvgIpc) is 3.50. The van der Waals surface area contributed by atoms with Gasteiger partial charge in [-0.2, -0.15) is 0 Å². The third-order valence-corrected chi connectivity index (χ3v) is 9.19. The van der Waals surface area contributed by atoms with E-state index in [1.165, 1.54) is 0 Å². The number of hydrogen-bond donors (Lipinski definition) is 0. The van der Waals surface area contributed by atoms with Crippen LogP contribution in [0.15, 0.2) is 46.2 Å². The van der Waals surface area contributed by atoms with Crippen LogP contribution in [0, 0.1) is 58.2 Å². The van der Waals surface area contributed by atoms with Crippen molar-refractivity contribution in [1.82, 2.24) is 10.1 Å². The molecular weight excluding hydrogens is 770 g/mol. The van der Waals surface area contributed by atoms with Gasteiger partial charge in [0, 0.05) is 0 Å². The Labute approximate surface area is 284 Å². The van der Waals surface area contributed by atoms with Gasteiger partial charge in [0.25, 0.3) is 23.6 Å². The second-order valence-corrected chi connectivity index (χ2v) is 12.3. The van der Waals surface area contributed by atoms with Gasteiger partial charge in [-0.05, 0) is 36.4 Å². The zero-order valence-corrected chi connectivity index (χ0v) is 25.4. The third kappa shape index (κ3) is 5.25. The standard InChI is InChI=1S/C30H6F10N2O10S/c31-15-13(16(32)20(36)23(39)19(15)35)29(47)51-41-25(43)9-3-1-7(5-11(9)27(41)45)53(49,50)8-2-4-10-12(6-8)28(46)42(26(10)44)52-30(48)14-17(33)21(37)24(40)22(38)18(14)34/h1-6H. The van der Waals surface area contributed by atoms with Gasteiger partial charge in [-0.1, -0.05) is 10.1 Å². The monoisotopic (exact) mass is 776 g/mol. The molecule has 272 valence electrons. The number of nitrogens with zero attached hydrogens (tertiary/aromatic N) is 2. The van der Waals surface area contributed by atoms with E-state index in [4.69, 9.17) is 0 Å². The molecule has 53 heavy (non-hydrogen) atoms. The number of amides is 4. The molecule has 2 aliphatic rings. The summed E-state index contributed by atoms with van der Waals surface area (Å²) in [6.45, 7) is 0. The molecule has 0 N–H and O–H groups in total. The summed E-state index contributed by atoms with van der Waals surface area (Å²) >= 11 is 0. The molecule has 0 aliphatic carbocycles. The van der Waals surface area contributed by atoms with Gasteiger partial charge in [0.05, 0.1) is 32.0 Å². The first-order chi connectivity index (χ1) is 24.7. The number of carbonyl (C=O) groups excluding carboxylic acids is 6. The summed E-state index contributed by atoms with van der Waals surface area (Å²) in [5, 5.41) is -0.938. The van der Waals surface area contributed by atoms with E-state index in [-0.39, 0.29) is 0 Å². The van der Waals surface area contributed by atoms with Gasteiger partial charge in [0.15, 0.2) is 46.5 Å². The smallest absolute Gasteiger partial charge is 0.324 e. The van der Waals surface area contributed by atoms with Crippen LogP contribution >= 0.6 is 0 Å². The molecule has 4 aromatic rings. The maximum Gasteiger partial charge on any atom is 0.370 e. The van der Waals surface area contributed by atoms with Crippen molar-refractivity contribution in [3.63, 3.8) is 0 Å². The Bertz CT molecular complexity index is 2350. The molecule has 23 heteroatoms. The Hall–Kier alpha value is -6.65. The third-order valence-electron chi connectivity index (χ3n) is 7.44. The lowest BCUT2D eigenvalue weighted by atomic mass is 10.1. The fourth-order valence-corrected chi connectivity index (χ4v) is 6.17. The highest BCUT2D eigenvalue weighted by Gasteiger charge is 2.44. The number of imide groups is 2. The highest BCUT2D eigenvalue weighted by Crippen LogP contribution is 2.33. The molecule has 0 saturated carbocycles. The molecule has 4 amide bonds. The predicted molar refractivity (Wildman–Crippen MR) is 143 cm³/mol. The lowest BCUT2D eigenvalue weighted by Crippen LogP contribution is -2.33. The molecule has 2 aliphatic heterocycles. The lowest BCUT2D eigenvalue weighted by Gasteiger charge is -2.14. The van der Waals surface area contributed by atoms with E-state index >= 15 is 0 Å². The predicted octanol–water partition coefficient (Wildman–Crippen LogP) is 4.65. The zero-order chi connectivity index (χ0) is 39.2. The van der Waals surface area contributed by atoms with Crippen LogP contribution in [-0.2, 0) is 19.5 Å². The van der Waals surface area contributed by atoms with Gasteiger partial charge in [-0.3, -0.25) is 19.2 Å². The minimum absolute atomic E-state index is 0.469. The topological polar surface area (TPSA) is 161 Å². The van der Waals surface area contributed by atoms with Crippen LogP contribution in [-0.4, -0.2) is 54.1 Å². The SMILES string of the molecule is O=C(ON1C(=O)c2ccc(S(=O)(=O)c3ccc4c(c3)C(=O)N(OC(=O)c3c(F)c(F)c(F)c(F)c3F)C4=O)cc2C1=O)c1c(F)c(F)c(F)c(F)c1F. The van der Waals surface area contributed by atoms with E-state index < -0.39 is 157 Å². The number of hydroxylamine groups is 4. The van der Waals surface area contributed by atoms with E-state index in [9.17, 15) is 81.1 Å². The molecule has 0 bridgehead atoms. The number of benzene rings is 4. The van der Waals surface area contributed by atoms with Crippen LogP contribution in [0.25, 0.3) is 0 Å². The minimum atomic E-state index is -4.90. The van der Waals surface area contributed by atoms with E-state index in [0.717, 1.165) is 0 Å². The van der Waals surface area contributed by atoms with E-state index in [1.807, 2.05) is 0 Å². The molecule has 0 atom stereocenters. The first kappa shape index (κ1) is 36.2. The van der Waals surface area contributed by atoms with Crippen LogP contribution in [0.2, 0.25) is 0 Å². The molecule has 0 aromatic heterocycles. The number of sulfone groups is 1. The van der Waals surface area contributed by atoms with Crippen molar-refractivity contribution < 1.29 is 90.8 Å². The average molecular weight is 776 g/mol. The Morgan fingerprint density at radius 1 is 0.434 bits per heavy atom. The van der Waals surface area contributed by atoms with E-state index in [1.54, 1.807) is 0 Å². The number of carbonyl (C=O) groups is 6. The molecule has 2 heterocycles. The van der Waals surface area contributed by atoms with Crippen LogP contribution in [0.3, 0.4) is 0 Å². The van der Waals surface area contributed by atoms with Gasteiger partial charge in [0.1, 0.15) is 11.1 Å².